The van der Waals surface area contributed by atoms with Crippen LogP contribution in [0.3, 0.4) is 0 Å². The molecule has 0 amide bonds. The predicted molar refractivity (Wildman–Crippen MR) is 72.7 cm³/mol. The van der Waals surface area contributed by atoms with E-state index in [1.165, 1.54) is 19.6 Å². The molecule has 0 aliphatic rings. The Hall–Kier alpha value is 0.110. The van der Waals surface area contributed by atoms with Gasteiger partial charge in [0.15, 0.2) is 8.69 Å². The van der Waals surface area contributed by atoms with Crippen molar-refractivity contribution in [2.75, 3.05) is 53.9 Å². The van der Waals surface area contributed by atoms with Gasteiger partial charge in [-0.05, 0) is 19.6 Å². The Balaban J connectivity index is 0. The van der Waals surface area contributed by atoms with E-state index in [0.29, 0.717) is 6.61 Å². The third-order valence-electron chi connectivity index (χ3n) is 2.29. The molecular weight excluding hydrogens is 223 g/mol. The van der Waals surface area contributed by atoms with E-state index in [1.807, 2.05) is 0 Å². The van der Waals surface area contributed by atoms with Crippen LogP contribution in [-0.2, 0) is 9.09 Å². The fourth-order valence-electron chi connectivity index (χ4n) is 1.05. The van der Waals surface area contributed by atoms with Crippen LogP contribution in [0.4, 0.5) is 0 Å². The number of likely N-dealkylation sites (N-methyl/N-ethyl adjacent to an activating group) is 1. The molecule has 0 saturated heterocycles. The first-order valence-electron chi connectivity index (χ1n) is 5.99. The molecule has 0 heterocycles. The van der Waals surface area contributed by atoms with Crippen LogP contribution in [0.25, 0.3) is 0 Å². The first kappa shape index (κ1) is 18.5. The van der Waals surface area contributed by atoms with Crippen LogP contribution in [0.15, 0.2) is 0 Å². The van der Waals surface area contributed by atoms with Gasteiger partial charge in [0.2, 0.25) is 0 Å². The molecule has 5 heteroatoms. The molecule has 1 unspecified atom stereocenters. The van der Waals surface area contributed by atoms with E-state index in [1.54, 1.807) is 0 Å². The molecule has 0 aromatic heterocycles. The number of hydrogen-bond acceptors (Lipinski definition) is 3. The maximum Gasteiger partial charge on any atom is 0.180 e. The van der Waals surface area contributed by atoms with E-state index in [-0.39, 0.29) is 0 Å². The molecule has 0 aliphatic carbocycles. The summed E-state index contributed by atoms with van der Waals surface area (Å²) in [7, 11) is 5.20. The van der Waals surface area contributed by atoms with Crippen LogP contribution in [0.1, 0.15) is 20.8 Å². The van der Waals surface area contributed by atoms with Crippen LogP contribution in [0, 0.1) is 0 Å². The van der Waals surface area contributed by atoms with Crippen molar-refractivity contribution in [3.63, 3.8) is 0 Å². The highest BCUT2D eigenvalue weighted by atomic mass is 31.1. The summed E-state index contributed by atoms with van der Waals surface area (Å²) in [4.78, 5) is 2.38. The van der Waals surface area contributed by atoms with Crippen LogP contribution < -0.4 is 0 Å². The second-order valence-electron chi connectivity index (χ2n) is 4.60. The van der Waals surface area contributed by atoms with Gasteiger partial charge in [0.25, 0.3) is 0 Å². The molecule has 0 radical (unpaired) electrons. The van der Waals surface area contributed by atoms with Crippen molar-refractivity contribution in [3.8, 4) is 0 Å². The van der Waals surface area contributed by atoms with E-state index in [4.69, 9.17) is 4.52 Å². The van der Waals surface area contributed by atoms with E-state index < -0.39 is 8.69 Å². The zero-order valence-electron chi connectivity index (χ0n) is 11.8. The van der Waals surface area contributed by atoms with Crippen LogP contribution in [0.2, 0.25) is 0 Å². The highest BCUT2D eigenvalue weighted by Gasteiger charge is 2.04. The minimum atomic E-state index is -1.02. The number of quaternary nitrogens is 1. The molecule has 0 aliphatic heterocycles. The van der Waals surface area contributed by atoms with Crippen LogP contribution in [-0.4, -0.2) is 63.3 Å². The fraction of sp³-hybridized carbons (Fsp3) is 1.00. The molecule has 0 aromatic rings. The normalized spacial score (nSPS) is 11.9. The maximum atomic E-state index is 9.87. The Labute approximate surface area is 102 Å². The molecule has 0 bridgehead atoms. The zero-order valence-corrected chi connectivity index (χ0v) is 13.0. The Kier molecular flexibility index (Phi) is 13.4. The summed E-state index contributed by atoms with van der Waals surface area (Å²) >= 11 is 0. The molecule has 0 saturated carbocycles. The number of rotatable bonds is 7. The Morgan fingerprint density at radius 1 is 1.06 bits per heavy atom. The van der Waals surface area contributed by atoms with Gasteiger partial charge in [0.1, 0.15) is 13.2 Å². The topological polar surface area (TPSA) is 29.5 Å². The molecule has 1 atom stereocenters. The molecule has 0 N–H and O–H groups in total. The van der Waals surface area contributed by atoms with Gasteiger partial charge in [0, 0.05) is 0 Å². The van der Waals surface area contributed by atoms with Crippen molar-refractivity contribution >= 4 is 8.69 Å². The maximum absolute atomic E-state index is 9.87. The van der Waals surface area contributed by atoms with Gasteiger partial charge in [-0.15, -0.1) is 0 Å². The highest BCUT2D eigenvalue weighted by molar-refractivity contribution is 7.17. The Morgan fingerprint density at radius 3 is 1.69 bits per heavy atom. The van der Waals surface area contributed by atoms with Gasteiger partial charge in [-0.25, -0.2) is 0 Å². The lowest BCUT2D eigenvalue weighted by Crippen LogP contribution is -2.37. The third-order valence-corrected chi connectivity index (χ3v) is 2.66. The van der Waals surface area contributed by atoms with Crippen molar-refractivity contribution in [3.05, 3.63) is 0 Å². The predicted octanol–water partition coefficient (Wildman–Crippen LogP) is 1.73. The molecule has 16 heavy (non-hydrogen) atoms. The molecule has 4 nitrogen and oxygen atoms in total. The SMILES string of the molecule is CCN(CC)CC.C[N+](C)(C)CCO[PH2]=O. The summed E-state index contributed by atoms with van der Waals surface area (Å²) < 4.78 is 15.5. The summed E-state index contributed by atoms with van der Waals surface area (Å²) in [6.07, 6.45) is 0. The Bertz CT molecular complexity index is 151. The lowest BCUT2D eigenvalue weighted by atomic mass is 10.5. The van der Waals surface area contributed by atoms with Gasteiger partial charge in [-0.2, -0.15) is 0 Å². The second-order valence-corrected chi connectivity index (χ2v) is 5.13. The second kappa shape index (κ2) is 11.6. The van der Waals surface area contributed by atoms with Crippen LogP contribution >= 0.6 is 8.69 Å². The van der Waals surface area contributed by atoms with E-state index in [0.717, 1.165) is 11.0 Å². The van der Waals surface area contributed by atoms with Crippen molar-refractivity contribution in [1.82, 2.24) is 4.90 Å². The number of hydrogen-bond donors (Lipinski definition) is 0. The molecule has 0 fully saturated rings. The van der Waals surface area contributed by atoms with E-state index in [2.05, 4.69) is 46.8 Å². The summed E-state index contributed by atoms with van der Waals surface area (Å²) in [5, 5.41) is 0. The third kappa shape index (κ3) is 16.5. The smallest absolute Gasteiger partial charge is 0.180 e. The van der Waals surface area contributed by atoms with E-state index >= 15 is 0 Å². The average Bonchev–Trinajstić information content (AvgIpc) is 2.20. The minimum absolute atomic E-state index is 0.600. The first-order valence-corrected chi connectivity index (χ1v) is 6.93. The van der Waals surface area contributed by atoms with Crippen molar-refractivity contribution in [1.29, 1.82) is 0 Å². The monoisotopic (exact) mass is 253 g/mol. The molecule has 0 rings (SSSR count). The van der Waals surface area contributed by atoms with Gasteiger partial charge in [-0.1, -0.05) is 20.8 Å². The van der Waals surface area contributed by atoms with Crippen LogP contribution in [0.5, 0.6) is 0 Å². The fourth-order valence-corrected chi connectivity index (χ4v) is 1.25. The zero-order chi connectivity index (χ0) is 13.0. The molecule has 0 aromatic carbocycles. The quantitative estimate of drug-likeness (QED) is 0.393. The standard InChI is InChI=1S/C6H15N.C5H15NO2P/c1-4-7(5-2)6-3;1-6(2,3)4-5-8-9-7/h4-6H2,1-3H3;4-5,9H2,1-3H3/q;+1. The average molecular weight is 253 g/mol. The highest BCUT2D eigenvalue weighted by Crippen LogP contribution is 1.96. The van der Waals surface area contributed by atoms with Crippen molar-refractivity contribution in [2.24, 2.45) is 0 Å². The molecule has 100 valence electrons. The largest absolute Gasteiger partial charge is 0.329 e. The number of nitrogens with zero attached hydrogens (tertiary/aromatic N) is 2. The van der Waals surface area contributed by atoms with Gasteiger partial charge >= 0.3 is 0 Å². The summed E-state index contributed by atoms with van der Waals surface area (Å²) in [5.41, 5.74) is 0. The van der Waals surface area contributed by atoms with Crippen molar-refractivity contribution in [2.45, 2.75) is 20.8 Å². The van der Waals surface area contributed by atoms with Gasteiger partial charge in [-0.3, -0.25) is 4.57 Å². The minimum Gasteiger partial charge on any atom is -0.329 e. The lowest BCUT2D eigenvalue weighted by molar-refractivity contribution is -0.870. The summed E-state index contributed by atoms with van der Waals surface area (Å²) in [5.74, 6) is 0. The first-order chi connectivity index (χ1) is 7.41. The lowest BCUT2D eigenvalue weighted by Gasteiger charge is -2.22. The van der Waals surface area contributed by atoms with E-state index in [9.17, 15) is 4.57 Å². The summed E-state index contributed by atoms with van der Waals surface area (Å²) in [6.45, 7) is 11.6. The molecule has 0 spiro atoms. The van der Waals surface area contributed by atoms with Gasteiger partial charge < -0.3 is 13.9 Å². The van der Waals surface area contributed by atoms with Gasteiger partial charge in [0.05, 0.1) is 21.1 Å². The molecular formula is C11H30N2O2P+. The van der Waals surface area contributed by atoms with Crippen molar-refractivity contribution < 1.29 is 13.6 Å². The Morgan fingerprint density at radius 2 is 1.50 bits per heavy atom. The summed E-state index contributed by atoms with van der Waals surface area (Å²) in [6, 6.07) is 0.